The van der Waals surface area contributed by atoms with Gasteiger partial charge in [0.2, 0.25) is 0 Å². The van der Waals surface area contributed by atoms with Crippen molar-refractivity contribution in [1.82, 2.24) is 9.97 Å². The molecule has 2 rings (SSSR count). The van der Waals surface area contributed by atoms with Gasteiger partial charge in [-0.2, -0.15) is 0 Å². The maximum atomic E-state index is 13.3. The first-order valence-corrected chi connectivity index (χ1v) is 4.34. The molecule has 62 valence electrons. The molecule has 0 saturated carbocycles. The van der Waals surface area contributed by atoms with E-state index in [1.165, 1.54) is 6.33 Å². The van der Waals surface area contributed by atoms with Crippen LogP contribution in [0.2, 0.25) is 5.02 Å². The van der Waals surface area contributed by atoms with Gasteiger partial charge in [0.05, 0.1) is 21.3 Å². The summed E-state index contributed by atoms with van der Waals surface area (Å²) in [6.45, 7) is 0. The van der Waals surface area contributed by atoms with Gasteiger partial charge in [-0.1, -0.05) is 11.6 Å². The van der Waals surface area contributed by atoms with Gasteiger partial charge in [0.1, 0.15) is 5.52 Å². The van der Waals surface area contributed by atoms with Crippen LogP contribution in [0, 0.1) is 5.82 Å². The van der Waals surface area contributed by atoms with Crippen molar-refractivity contribution in [3.05, 3.63) is 27.7 Å². The molecule has 0 aliphatic heterocycles. The highest BCUT2D eigenvalue weighted by Crippen LogP contribution is 2.30. The second-order valence-electron chi connectivity index (χ2n) is 2.29. The molecule has 5 heteroatoms. The van der Waals surface area contributed by atoms with Crippen molar-refractivity contribution in [3.63, 3.8) is 0 Å². The molecule has 0 spiro atoms. The zero-order chi connectivity index (χ0) is 8.72. The Morgan fingerprint density at radius 3 is 3.08 bits per heavy atom. The van der Waals surface area contributed by atoms with E-state index in [4.69, 9.17) is 11.6 Å². The van der Waals surface area contributed by atoms with Crippen molar-refractivity contribution in [2.45, 2.75) is 0 Å². The van der Waals surface area contributed by atoms with E-state index in [9.17, 15) is 4.39 Å². The molecule has 0 bridgehead atoms. The number of hydrogen-bond acceptors (Lipinski definition) is 1. The molecule has 2 nitrogen and oxygen atoms in total. The molecule has 0 fully saturated rings. The molecule has 0 saturated heterocycles. The van der Waals surface area contributed by atoms with Crippen molar-refractivity contribution in [1.29, 1.82) is 0 Å². The van der Waals surface area contributed by atoms with Gasteiger partial charge in [-0.15, -0.1) is 0 Å². The number of aromatic nitrogens is 2. The molecule has 0 aliphatic carbocycles. The average molecular weight is 249 g/mol. The van der Waals surface area contributed by atoms with Gasteiger partial charge in [0.15, 0.2) is 5.82 Å². The Bertz CT molecular complexity index is 440. The van der Waals surface area contributed by atoms with Crippen molar-refractivity contribution in [2.75, 3.05) is 0 Å². The van der Waals surface area contributed by atoms with Gasteiger partial charge in [0, 0.05) is 0 Å². The third-order valence-corrected chi connectivity index (χ3v) is 2.85. The second-order valence-corrected chi connectivity index (χ2v) is 3.49. The van der Waals surface area contributed by atoms with Crippen LogP contribution in [0.5, 0.6) is 0 Å². The summed E-state index contributed by atoms with van der Waals surface area (Å²) in [4.78, 5) is 6.57. The lowest BCUT2D eigenvalue weighted by molar-refractivity contribution is 0.631. The summed E-state index contributed by atoms with van der Waals surface area (Å²) in [6, 6.07) is 1.62. The SMILES string of the molecule is Fc1c(Br)c(Cl)cc2[nH]cnc12. The summed E-state index contributed by atoms with van der Waals surface area (Å²) in [5.41, 5.74) is 0.895. The minimum absolute atomic E-state index is 0.253. The normalized spacial score (nSPS) is 10.9. The van der Waals surface area contributed by atoms with Crippen LogP contribution in [-0.4, -0.2) is 9.97 Å². The summed E-state index contributed by atoms with van der Waals surface area (Å²) in [5.74, 6) is -0.432. The fraction of sp³-hybridized carbons (Fsp3) is 0. The summed E-state index contributed by atoms with van der Waals surface area (Å²) in [5, 5.41) is 0.337. The van der Waals surface area contributed by atoms with Crippen LogP contribution in [-0.2, 0) is 0 Å². The van der Waals surface area contributed by atoms with Crippen LogP contribution >= 0.6 is 27.5 Å². The molecule has 0 amide bonds. The zero-order valence-electron chi connectivity index (χ0n) is 5.74. The number of halogens is 3. The molecule has 1 N–H and O–H groups in total. The van der Waals surface area contributed by atoms with Crippen molar-refractivity contribution in [3.8, 4) is 0 Å². The maximum Gasteiger partial charge on any atom is 0.166 e. The van der Waals surface area contributed by atoms with Gasteiger partial charge in [-0.25, -0.2) is 9.37 Å². The number of hydrogen-bond donors (Lipinski definition) is 1. The van der Waals surface area contributed by atoms with Gasteiger partial charge in [-0.3, -0.25) is 0 Å². The average Bonchev–Trinajstić information content (AvgIpc) is 2.48. The number of nitrogens with one attached hydrogen (secondary N) is 1. The van der Waals surface area contributed by atoms with Crippen LogP contribution in [0.3, 0.4) is 0 Å². The molecule has 0 atom stereocenters. The first-order valence-electron chi connectivity index (χ1n) is 3.16. The van der Waals surface area contributed by atoms with E-state index in [0.717, 1.165) is 0 Å². The summed E-state index contributed by atoms with van der Waals surface area (Å²) in [7, 11) is 0. The van der Waals surface area contributed by atoms with Crippen molar-refractivity contribution in [2.24, 2.45) is 0 Å². The summed E-state index contributed by atoms with van der Waals surface area (Å²) < 4.78 is 13.5. The second kappa shape index (κ2) is 2.71. The van der Waals surface area contributed by atoms with Crippen LogP contribution < -0.4 is 0 Å². The number of rotatable bonds is 0. The highest BCUT2D eigenvalue weighted by Gasteiger charge is 2.11. The monoisotopic (exact) mass is 248 g/mol. The summed E-state index contributed by atoms with van der Waals surface area (Å²) >= 11 is 8.74. The van der Waals surface area contributed by atoms with E-state index >= 15 is 0 Å². The highest BCUT2D eigenvalue weighted by molar-refractivity contribution is 9.10. The number of fused-ring (bicyclic) bond motifs is 1. The molecule has 12 heavy (non-hydrogen) atoms. The number of H-pyrrole nitrogens is 1. The quantitative estimate of drug-likeness (QED) is 0.714. The van der Waals surface area contributed by atoms with E-state index in [2.05, 4.69) is 25.9 Å². The van der Waals surface area contributed by atoms with Gasteiger partial charge in [0.25, 0.3) is 0 Å². The van der Waals surface area contributed by atoms with Gasteiger partial charge in [-0.05, 0) is 22.0 Å². The molecule has 1 aromatic carbocycles. The topological polar surface area (TPSA) is 28.7 Å². The molecule has 2 aromatic rings. The van der Waals surface area contributed by atoms with E-state index in [1.54, 1.807) is 6.07 Å². The van der Waals surface area contributed by atoms with Crippen molar-refractivity contribution >= 4 is 38.6 Å². The Balaban J connectivity index is 2.94. The standard InChI is InChI=1S/C7H3BrClFN2/c8-5-3(9)1-4-7(6(5)10)12-2-11-4/h1-2H,(H,11,12). The number of nitrogens with zero attached hydrogens (tertiary/aromatic N) is 1. The third kappa shape index (κ3) is 1.03. The lowest BCUT2D eigenvalue weighted by atomic mass is 10.3. The van der Waals surface area contributed by atoms with Crippen LogP contribution in [0.25, 0.3) is 11.0 Å². The molecular weight excluding hydrogens is 246 g/mol. The molecule has 0 unspecified atom stereocenters. The van der Waals surface area contributed by atoms with E-state index in [1.807, 2.05) is 0 Å². The lowest BCUT2D eigenvalue weighted by Crippen LogP contribution is -1.81. The lowest BCUT2D eigenvalue weighted by Gasteiger charge is -1.97. The largest absolute Gasteiger partial charge is 0.344 e. The third-order valence-electron chi connectivity index (χ3n) is 1.55. The van der Waals surface area contributed by atoms with Gasteiger partial charge < -0.3 is 4.98 Å². The molecule has 0 aliphatic rings. The highest BCUT2D eigenvalue weighted by atomic mass is 79.9. The number of benzene rings is 1. The molecule has 1 heterocycles. The molecule has 1 aromatic heterocycles. The van der Waals surface area contributed by atoms with E-state index in [-0.39, 0.29) is 4.47 Å². The van der Waals surface area contributed by atoms with Crippen LogP contribution in [0.15, 0.2) is 16.9 Å². The first kappa shape index (κ1) is 8.01. The Morgan fingerprint density at radius 2 is 2.33 bits per heavy atom. The fourth-order valence-electron chi connectivity index (χ4n) is 0.988. The number of aromatic amines is 1. The summed E-state index contributed by atoms with van der Waals surface area (Å²) in [6.07, 6.45) is 1.43. The Labute approximate surface area is 80.9 Å². The van der Waals surface area contributed by atoms with Crippen molar-refractivity contribution < 1.29 is 4.39 Å². The minimum atomic E-state index is -0.432. The molecule has 0 radical (unpaired) electrons. The van der Waals surface area contributed by atoms with E-state index in [0.29, 0.717) is 16.1 Å². The van der Waals surface area contributed by atoms with Crippen LogP contribution in [0.4, 0.5) is 4.39 Å². The Morgan fingerprint density at radius 1 is 1.58 bits per heavy atom. The van der Waals surface area contributed by atoms with E-state index < -0.39 is 5.82 Å². The first-order chi connectivity index (χ1) is 5.70. The smallest absolute Gasteiger partial charge is 0.166 e. The predicted octanol–water partition coefficient (Wildman–Crippen LogP) is 3.12. The van der Waals surface area contributed by atoms with Crippen LogP contribution in [0.1, 0.15) is 0 Å². The number of imidazole rings is 1. The fourth-order valence-corrected chi connectivity index (χ4v) is 1.48. The Hall–Kier alpha value is -0.610. The maximum absolute atomic E-state index is 13.3. The molecular formula is C7H3BrClFN2. The zero-order valence-corrected chi connectivity index (χ0v) is 8.08. The predicted molar refractivity (Wildman–Crippen MR) is 48.8 cm³/mol. The minimum Gasteiger partial charge on any atom is -0.344 e. The Kier molecular flexibility index (Phi) is 1.81. The van der Waals surface area contributed by atoms with Gasteiger partial charge >= 0.3 is 0 Å².